The lowest BCUT2D eigenvalue weighted by atomic mass is 9.82. The van der Waals surface area contributed by atoms with Crippen molar-refractivity contribution in [3.63, 3.8) is 0 Å². The van der Waals surface area contributed by atoms with Gasteiger partial charge in [-0.15, -0.1) is 0 Å². The Balaban J connectivity index is 1.75. The first-order chi connectivity index (χ1) is 14.4. The van der Waals surface area contributed by atoms with E-state index in [0.717, 1.165) is 5.75 Å². The molecule has 1 aliphatic carbocycles. The van der Waals surface area contributed by atoms with Gasteiger partial charge in [-0.05, 0) is 34.4 Å². The summed E-state index contributed by atoms with van der Waals surface area (Å²) in [6, 6.07) is 41.5. The highest BCUT2D eigenvalue weighted by atomic mass is 16.5. The predicted molar refractivity (Wildman–Crippen MR) is 119 cm³/mol. The summed E-state index contributed by atoms with van der Waals surface area (Å²) in [4.78, 5) is 0. The van der Waals surface area contributed by atoms with Crippen LogP contribution in [0.3, 0.4) is 0 Å². The van der Waals surface area contributed by atoms with Gasteiger partial charge in [0, 0.05) is 17.3 Å². The van der Waals surface area contributed by atoms with Crippen LogP contribution in [0.4, 0.5) is 0 Å². The minimum Gasteiger partial charge on any atom is -0.497 e. The Morgan fingerprint density at radius 3 is 1.38 bits per heavy atom. The molecule has 1 saturated carbocycles. The van der Waals surface area contributed by atoms with E-state index in [1.54, 1.807) is 7.11 Å². The van der Waals surface area contributed by atoms with Crippen molar-refractivity contribution in [2.24, 2.45) is 0 Å². The molecule has 1 fully saturated rings. The van der Waals surface area contributed by atoms with E-state index in [2.05, 4.69) is 115 Å². The average Bonchev–Trinajstić information content (AvgIpc) is 3.52. The van der Waals surface area contributed by atoms with Gasteiger partial charge in [0.15, 0.2) is 0 Å². The van der Waals surface area contributed by atoms with Crippen LogP contribution < -0.4 is 4.74 Å². The van der Waals surface area contributed by atoms with Crippen LogP contribution in [0.5, 0.6) is 5.75 Å². The fourth-order valence-corrected chi connectivity index (χ4v) is 5.08. The van der Waals surface area contributed by atoms with Gasteiger partial charge in [-0.25, -0.2) is 0 Å². The Labute approximate surface area is 172 Å². The van der Waals surface area contributed by atoms with Crippen LogP contribution in [-0.4, -0.2) is 7.11 Å². The Kier molecular flexibility index (Phi) is 4.44. The molecule has 0 aliphatic heterocycles. The summed E-state index contributed by atoms with van der Waals surface area (Å²) >= 11 is 0. The molecule has 5 rings (SSSR count). The third-order valence-corrected chi connectivity index (χ3v) is 6.34. The first-order valence-electron chi connectivity index (χ1n) is 10.2. The third-order valence-electron chi connectivity index (χ3n) is 6.34. The third kappa shape index (κ3) is 2.86. The summed E-state index contributed by atoms with van der Waals surface area (Å²) < 4.78 is 5.43. The molecule has 1 heteroatoms. The second-order valence-electron chi connectivity index (χ2n) is 7.74. The summed E-state index contributed by atoms with van der Waals surface area (Å²) in [5, 5.41) is 0. The number of methoxy groups -OCH3 is 1. The van der Waals surface area contributed by atoms with Gasteiger partial charge in [0.1, 0.15) is 5.75 Å². The second kappa shape index (κ2) is 7.25. The standard InChI is InChI=1S/C28H24O/c1-29-25-19-17-24(18-20-25)28(23-15-9-4-10-16-23)26(21-11-5-2-6-12-21)27(28)22-13-7-3-8-14-22/h2-20,26-27H,1H3/t26-,27-/m0/s1. The highest BCUT2D eigenvalue weighted by molar-refractivity contribution is 5.62. The Morgan fingerprint density at radius 1 is 0.517 bits per heavy atom. The van der Waals surface area contributed by atoms with Gasteiger partial charge in [-0.1, -0.05) is 103 Å². The van der Waals surface area contributed by atoms with E-state index in [9.17, 15) is 0 Å². The fraction of sp³-hybridized carbons (Fsp3) is 0.143. The van der Waals surface area contributed by atoms with Crippen molar-refractivity contribution < 1.29 is 4.74 Å². The first-order valence-corrected chi connectivity index (χ1v) is 10.2. The van der Waals surface area contributed by atoms with Gasteiger partial charge >= 0.3 is 0 Å². The van der Waals surface area contributed by atoms with Crippen molar-refractivity contribution in [3.05, 3.63) is 138 Å². The van der Waals surface area contributed by atoms with E-state index in [1.807, 2.05) is 0 Å². The molecule has 142 valence electrons. The van der Waals surface area contributed by atoms with E-state index in [4.69, 9.17) is 4.74 Å². The number of hydrogen-bond donors (Lipinski definition) is 0. The molecule has 0 radical (unpaired) electrons. The van der Waals surface area contributed by atoms with E-state index in [1.165, 1.54) is 22.3 Å². The van der Waals surface area contributed by atoms with Gasteiger partial charge in [0.25, 0.3) is 0 Å². The molecule has 0 N–H and O–H groups in total. The maximum Gasteiger partial charge on any atom is 0.118 e. The smallest absolute Gasteiger partial charge is 0.118 e. The minimum absolute atomic E-state index is 0.0871. The van der Waals surface area contributed by atoms with Crippen molar-refractivity contribution >= 4 is 0 Å². The quantitative estimate of drug-likeness (QED) is 0.383. The van der Waals surface area contributed by atoms with Crippen LogP contribution in [0.2, 0.25) is 0 Å². The van der Waals surface area contributed by atoms with E-state index >= 15 is 0 Å². The number of benzene rings is 4. The summed E-state index contributed by atoms with van der Waals surface area (Å²) in [6.07, 6.45) is 0. The molecule has 0 aromatic heterocycles. The fourth-order valence-electron chi connectivity index (χ4n) is 5.08. The minimum atomic E-state index is -0.0871. The molecule has 1 nitrogen and oxygen atoms in total. The van der Waals surface area contributed by atoms with Crippen molar-refractivity contribution in [3.8, 4) is 5.75 Å². The average molecular weight is 376 g/mol. The van der Waals surface area contributed by atoms with Gasteiger partial charge < -0.3 is 4.74 Å². The van der Waals surface area contributed by atoms with Crippen LogP contribution in [0, 0.1) is 0 Å². The largest absolute Gasteiger partial charge is 0.497 e. The second-order valence-corrected chi connectivity index (χ2v) is 7.74. The Hall–Kier alpha value is -3.32. The normalized spacial score (nSPS) is 22.8. The summed E-state index contributed by atoms with van der Waals surface area (Å²) in [5.74, 6) is 1.67. The number of rotatable bonds is 5. The molecule has 4 aromatic carbocycles. The van der Waals surface area contributed by atoms with Crippen molar-refractivity contribution in [2.45, 2.75) is 17.3 Å². The van der Waals surface area contributed by atoms with Gasteiger partial charge in [0.05, 0.1) is 7.11 Å². The number of hydrogen-bond acceptors (Lipinski definition) is 1. The molecule has 1 aliphatic rings. The van der Waals surface area contributed by atoms with Crippen LogP contribution in [0.1, 0.15) is 34.1 Å². The van der Waals surface area contributed by atoms with Gasteiger partial charge in [-0.3, -0.25) is 0 Å². The molecule has 0 amide bonds. The Morgan fingerprint density at radius 2 is 0.931 bits per heavy atom. The van der Waals surface area contributed by atoms with Crippen LogP contribution in [-0.2, 0) is 5.41 Å². The highest BCUT2D eigenvalue weighted by Gasteiger charge is 2.67. The predicted octanol–water partition coefficient (Wildman–Crippen LogP) is 6.56. The maximum absolute atomic E-state index is 5.43. The molecule has 29 heavy (non-hydrogen) atoms. The number of ether oxygens (including phenoxy) is 1. The van der Waals surface area contributed by atoms with Crippen LogP contribution in [0.15, 0.2) is 115 Å². The molecule has 0 saturated heterocycles. The molecule has 0 unspecified atom stereocenters. The Bertz CT molecular complexity index is 1020. The summed E-state index contributed by atoms with van der Waals surface area (Å²) in [5.41, 5.74) is 5.40. The van der Waals surface area contributed by atoms with Gasteiger partial charge in [-0.2, -0.15) is 0 Å². The lowest BCUT2D eigenvalue weighted by Gasteiger charge is -2.21. The maximum atomic E-state index is 5.43. The van der Waals surface area contributed by atoms with E-state index in [0.29, 0.717) is 11.8 Å². The zero-order chi connectivity index (χ0) is 19.7. The SMILES string of the molecule is COc1ccc(C2(c3ccccc3)[C@@H](c3ccccc3)[C@@H]2c2ccccc2)cc1. The van der Waals surface area contributed by atoms with Crippen molar-refractivity contribution in [2.75, 3.05) is 7.11 Å². The molecule has 0 spiro atoms. The molecular formula is C28H24O. The molecule has 4 aromatic rings. The van der Waals surface area contributed by atoms with Crippen LogP contribution >= 0.6 is 0 Å². The van der Waals surface area contributed by atoms with E-state index in [-0.39, 0.29) is 5.41 Å². The summed E-state index contributed by atoms with van der Waals surface area (Å²) in [6.45, 7) is 0. The molecule has 0 bridgehead atoms. The lowest BCUT2D eigenvalue weighted by molar-refractivity contribution is 0.414. The van der Waals surface area contributed by atoms with Gasteiger partial charge in [0.2, 0.25) is 0 Å². The summed E-state index contributed by atoms with van der Waals surface area (Å²) in [7, 11) is 1.72. The van der Waals surface area contributed by atoms with Crippen molar-refractivity contribution in [1.82, 2.24) is 0 Å². The zero-order valence-corrected chi connectivity index (χ0v) is 16.5. The monoisotopic (exact) mass is 376 g/mol. The molecular weight excluding hydrogens is 352 g/mol. The topological polar surface area (TPSA) is 9.23 Å². The molecule has 2 atom stereocenters. The lowest BCUT2D eigenvalue weighted by Crippen LogP contribution is -2.14. The van der Waals surface area contributed by atoms with E-state index < -0.39 is 0 Å². The first kappa shape index (κ1) is 17.8. The zero-order valence-electron chi connectivity index (χ0n) is 16.5. The highest BCUT2D eigenvalue weighted by Crippen LogP contribution is 2.73. The van der Waals surface area contributed by atoms with Crippen LogP contribution in [0.25, 0.3) is 0 Å². The molecule has 0 heterocycles. The van der Waals surface area contributed by atoms with Crippen molar-refractivity contribution in [1.29, 1.82) is 0 Å².